The van der Waals surface area contributed by atoms with Gasteiger partial charge in [0.15, 0.2) is 0 Å². The fraction of sp³-hybridized carbons (Fsp3) is 0.750. The topological polar surface area (TPSA) is 39.1 Å². The summed E-state index contributed by atoms with van der Waals surface area (Å²) in [6.45, 7) is 7.03. The van der Waals surface area contributed by atoms with Crippen LogP contribution in [0.3, 0.4) is 0 Å². The van der Waals surface area contributed by atoms with E-state index >= 15 is 0 Å². The zero-order valence-corrected chi connectivity index (χ0v) is 10.6. The van der Waals surface area contributed by atoms with Crippen molar-refractivity contribution < 1.29 is 4.74 Å². The predicted octanol–water partition coefficient (Wildman–Crippen LogP) is 1.98. The van der Waals surface area contributed by atoms with Gasteiger partial charge in [-0.05, 0) is 19.4 Å². The molecule has 0 spiro atoms. The molecule has 92 valence electrons. The minimum atomic E-state index is 0.432. The number of rotatable bonds is 8. The number of methoxy groups -OCH3 is 1. The van der Waals surface area contributed by atoms with E-state index in [1.807, 2.05) is 10.9 Å². The lowest BCUT2D eigenvalue weighted by molar-refractivity contribution is 0.189. The zero-order valence-electron chi connectivity index (χ0n) is 10.6. The second-order valence-corrected chi connectivity index (χ2v) is 3.90. The van der Waals surface area contributed by atoms with Crippen LogP contribution >= 0.6 is 0 Å². The van der Waals surface area contributed by atoms with Gasteiger partial charge in [0.1, 0.15) is 0 Å². The summed E-state index contributed by atoms with van der Waals surface area (Å²) in [5.74, 6) is 0. The molecular formula is C12H23N3O. The van der Waals surface area contributed by atoms with Gasteiger partial charge in [-0.2, -0.15) is 5.10 Å². The Labute approximate surface area is 98.0 Å². The van der Waals surface area contributed by atoms with Crippen LogP contribution in [0.2, 0.25) is 0 Å². The standard InChI is InChI=1S/C12H23N3O/c1-4-12(13-5-2)11-9-14-15(10-11)7-6-8-16-3/h9-10,12-13H,4-8H2,1-3H3. The molecule has 1 atom stereocenters. The summed E-state index contributed by atoms with van der Waals surface area (Å²) in [6.07, 6.45) is 6.20. The van der Waals surface area contributed by atoms with E-state index in [2.05, 4.69) is 30.5 Å². The Balaban J connectivity index is 2.48. The van der Waals surface area contributed by atoms with Crippen LogP contribution in [0, 0.1) is 0 Å². The van der Waals surface area contributed by atoms with Gasteiger partial charge in [-0.15, -0.1) is 0 Å². The SMILES string of the molecule is CCNC(CC)c1cnn(CCCOC)c1. The van der Waals surface area contributed by atoms with E-state index in [1.165, 1.54) is 5.56 Å². The Morgan fingerprint density at radius 3 is 2.94 bits per heavy atom. The monoisotopic (exact) mass is 225 g/mol. The fourth-order valence-electron chi connectivity index (χ4n) is 1.80. The summed E-state index contributed by atoms with van der Waals surface area (Å²) in [5.41, 5.74) is 1.28. The first kappa shape index (κ1) is 13.2. The van der Waals surface area contributed by atoms with E-state index in [1.54, 1.807) is 7.11 Å². The van der Waals surface area contributed by atoms with Crippen LogP contribution in [0.4, 0.5) is 0 Å². The number of nitrogens with one attached hydrogen (secondary N) is 1. The lowest BCUT2D eigenvalue weighted by Gasteiger charge is -2.13. The molecule has 1 aromatic heterocycles. The van der Waals surface area contributed by atoms with Gasteiger partial charge in [-0.25, -0.2) is 0 Å². The Morgan fingerprint density at radius 1 is 1.50 bits per heavy atom. The zero-order chi connectivity index (χ0) is 11.8. The lowest BCUT2D eigenvalue weighted by Crippen LogP contribution is -2.19. The number of hydrogen-bond donors (Lipinski definition) is 1. The van der Waals surface area contributed by atoms with Crippen molar-refractivity contribution in [2.45, 2.75) is 39.3 Å². The molecule has 1 aromatic rings. The van der Waals surface area contributed by atoms with Crippen molar-refractivity contribution in [1.82, 2.24) is 15.1 Å². The van der Waals surface area contributed by atoms with Gasteiger partial charge in [0.25, 0.3) is 0 Å². The summed E-state index contributed by atoms with van der Waals surface area (Å²) in [6, 6.07) is 0.432. The third-order valence-corrected chi connectivity index (χ3v) is 2.65. The molecule has 0 fully saturated rings. The van der Waals surface area contributed by atoms with Crippen LogP contribution in [-0.4, -0.2) is 30.0 Å². The fourth-order valence-corrected chi connectivity index (χ4v) is 1.80. The minimum Gasteiger partial charge on any atom is -0.385 e. The minimum absolute atomic E-state index is 0.432. The van der Waals surface area contributed by atoms with Crippen molar-refractivity contribution >= 4 is 0 Å². The first-order chi connectivity index (χ1) is 7.81. The van der Waals surface area contributed by atoms with Gasteiger partial charge in [0.05, 0.1) is 6.20 Å². The number of ether oxygens (including phenoxy) is 1. The lowest BCUT2D eigenvalue weighted by atomic mass is 10.1. The molecule has 0 aliphatic rings. The highest BCUT2D eigenvalue weighted by Gasteiger charge is 2.09. The van der Waals surface area contributed by atoms with Gasteiger partial charge >= 0.3 is 0 Å². The van der Waals surface area contributed by atoms with Crippen LogP contribution < -0.4 is 5.32 Å². The molecule has 16 heavy (non-hydrogen) atoms. The average Bonchev–Trinajstić information content (AvgIpc) is 2.75. The number of aromatic nitrogens is 2. The number of nitrogens with zero attached hydrogens (tertiary/aromatic N) is 2. The maximum atomic E-state index is 5.02. The Hall–Kier alpha value is -0.870. The second-order valence-electron chi connectivity index (χ2n) is 3.90. The van der Waals surface area contributed by atoms with Gasteiger partial charge < -0.3 is 10.1 Å². The first-order valence-corrected chi connectivity index (χ1v) is 6.06. The van der Waals surface area contributed by atoms with Crippen LogP contribution in [-0.2, 0) is 11.3 Å². The molecule has 4 nitrogen and oxygen atoms in total. The quantitative estimate of drug-likeness (QED) is 0.688. The highest BCUT2D eigenvalue weighted by atomic mass is 16.5. The molecule has 4 heteroatoms. The van der Waals surface area contributed by atoms with Crippen LogP contribution in [0.15, 0.2) is 12.4 Å². The molecular weight excluding hydrogens is 202 g/mol. The summed E-state index contributed by atoms with van der Waals surface area (Å²) >= 11 is 0. The van der Waals surface area contributed by atoms with E-state index in [9.17, 15) is 0 Å². The van der Waals surface area contributed by atoms with Crippen LogP contribution in [0.25, 0.3) is 0 Å². The molecule has 0 saturated heterocycles. The maximum absolute atomic E-state index is 5.02. The van der Waals surface area contributed by atoms with Gasteiger partial charge in [0, 0.05) is 38.1 Å². The smallest absolute Gasteiger partial charge is 0.0537 e. The van der Waals surface area contributed by atoms with Crippen molar-refractivity contribution in [3.63, 3.8) is 0 Å². The van der Waals surface area contributed by atoms with E-state index in [4.69, 9.17) is 4.74 Å². The van der Waals surface area contributed by atoms with Gasteiger partial charge in [0.2, 0.25) is 0 Å². The summed E-state index contributed by atoms with van der Waals surface area (Å²) in [7, 11) is 1.73. The van der Waals surface area contributed by atoms with Gasteiger partial charge in [-0.1, -0.05) is 13.8 Å². The van der Waals surface area contributed by atoms with Crippen molar-refractivity contribution in [3.8, 4) is 0 Å². The Morgan fingerprint density at radius 2 is 2.31 bits per heavy atom. The van der Waals surface area contributed by atoms with Crippen LogP contribution in [0.5, 0.6) is 0 Å². The normalized spacial score (nSPS) is 12.9. The molecule has 0 amide bonds. The maximum Gasteiger partial charge on any atom is 0.0537 e. The summed E-state index contributed by atoms with van der Waals surface area (Å²) in [5, 5.41) is 7.81. The van der Waals surface area contributed by atoms with Crippen molar-refractivity contribution in [2.75, 3.05) is 20.3 Å². The molecule has 0 aromatic carbocycles. The molecule has 0 aliphatic carbocycles. The third-order valence-electron chi connectivity index (χ3n) is 2.65. The summed E-state index contributed by atoms with van der Waals surface area (Å²) < 4.78 is 7.02. The van der Waals surface area contributed by atoms with Crippen molar-refractivity contribution in [1.29, 1.82) is 0 Å². The highest BCUT2D eigenvalue weighted by molar-refractivity contribution is 5.10. The second kappa shape index (κ2) is 7.41. The molecule has 0 bridgehead atoms. The highest BCUT2D eigenvalue weighted by Crippen LogP contribution is 2.15. The molecule has 0 aliphatic heterocycles. The van der Waals surface area contributed by atoms with E-state index < -0.39 is 0 Å². The van der Waals surface area contributed by atoms with E-state index in [0.717, 1.165) is 32.5 Å². The average molecular weight is 225 g/mol. The molecule has 1 N–H and O–H groups in total. The largest absolute Gasteiger partial charge is 0.385 e. The van der Waals surface area contributed by atoms with Crippen molar-refractivity contribution in [2.24, 2.45) is 0 Å². The molecule has 0 saturated carbocycles. The first-order valence-electron chi connectivity index (χ1n) is 6.06. The van der Waals surface area contributed by atoms with Gasteiger partial charge in [-0.3, -0.25) is 4.68 Å². The van der Waals surface area contributed by atoms with Crippen LogP contribution in [0.1, 0.15) is 38.3 Å². The van der Waals surface area contributed by atoms with Crippen molar-refractivity contribution in [3.05, 3.63) is 18.0 Å². The van der Waals surface area contributed by atoms with E-state index in [0.29, 0.717) is 6.04 Å². The summed E-state index contributed by atoms with van der Waals surface area (Å²) in [4.78, 5) is 0. The molecule has 1 rings (SSSR count). The number of aryl methyl sites for hydroxylation is 1. The third kappa shape index (κ3) is 3.94. The molecule has 0 radical (unpaired) electrons. The Kier molecular flexibility index (Phi) is 6.11. The molecule has 1 unspecified atom stereocenters. The Bertz CT molecular complexity index is 286. The molecule has 1 heterocycles. The van der Waals surface area contributed by atoms with E-state index in [-0.39, 0.29) is 0 Å². The predicted molar refractivity (Wildman–Crippen MR) is 65.4 cm³/mol. The number of hydrogen-bond acceptors (Lipinski definition) is 3.